The van der Waals surface area contributed by atoms with Crippen LogP contribution in [0, 0.1) is 0 Å². The second-order valence-electron chi connectivity index (χ2n) is 5.18. The molecule has 0 atom stereocenters. The molecule has 0 aliphatic carbocycles. The Kier molecular flexibility index (Phi) is 2.87. The van der Waals surface area contributed by atoms with Crippen LogP contribution in [0.15, 0.2) is 18.2 Å². The Bertz CT molecular complexity index is 637. The largest absolute Gasteiger partial charge is 0.486 e. The minimum absolute atomic E-state index is 0.0250. The first-order valence-electron chi connectivity index (χ1n) is 6.11. The van der Waals surface area contributed by atoms with Crippen molar-refractivity contribution in [3.05, 3.63) is 28.8 Å². The molecule has 0 radical (unpaired) electrons. The molecule has 0 aromatic heterocycles. The van der Waals surface area contributed by atoms with E-state index in [2.05, 4.69) is 0 Å². The van der Waals surface area contributed by atoms with E-state index in [4.69, 9.17) is 16.3 Å². The molecular weight excluding hydrogens is 288 g/mol. The molecule has 0 unspecified atom stereocenters. The Balaban J connectivity index is 1.93. The van der Waals surface area contributed by atoms with E-state index in [0.29, 0.717) is 29.2 Å². The topological polar surface area (TPSA) is 60.4 Å². The van der Waals surface area contributed by atoms with Crippen LogP contribution in [0.3, 0.4) is 0 Å². The molecule has 0 N–H and O–H groups in total. The first-order chi connectivity index (χ1) is 8.89. The van der Waals surface area contributed by atoms with E-state index in [1.807, 2.05) is 0 Å². The lowest BCUT2D eigenvalue weighted by molar-refractivity contribution is 0.0335. The molecule has 2 heterocycles. The van der Waals surface area contributed by atoms with E-state index in [1.165, 1.54) is 0 Å². The molecule has 1 spiro atoms. The number of carbonyl (C=O) groups is 1. The van der Waals surface area contributed by atoms with Crippen molar-refractivity contribution in [2.75, 3.05) is 11.5 Å². The molecule has 0 bridgehead atoms. The Hall–Kier alpha value is -1.07. The van der Waals surface area contributed by atoms with Crippen molar-refractivity contribution in [1.29, 1.82) is 0 Å². The van der Waals surface area contributed by atoms with Gasteiger partial charge >= 0.3 is 0 Å². The van der Waals surface area contributed by atoms with Gasteiger partial charge < -0.3 is 4.74 Å². The van der Waals surface area contributed by atoms with E-state index in [1.54, 1.807) is 18.2 Å². The van der Waals surface area contributed by atoms with Gasteiger partial charge in [-0.2, -0.15) is 0 Å². The smallest absolute Gasteiger partial charge is 0.170 e. The van der Waals surface area contributed by atoms with Gasteiger partial charge in [0, 0.05) is 17.9 Å². The summed E-state index contributed by atoms with van der Waals surface area (Å²) in [4.78, 5) is 12.2. The van der Waals surface area contributed by atoms with E-state index in [9.17, 15) is 13.2 Å². The Morgan fingerprint density at radius 2 is 1.89 bits per heavy atom. The van der Waals surface area contributed by atoms with Crippen molar-refractivity contribution in [1.82, 2.24) is 0 Å². The van der Waals surface area contributed by atoms with Crippen molar-refractivity contribution in [2.45, 2.75) is 24.9 Å². The predicted octanol–water partition coefficient (Wildman–Crippen LogP) is 2.25. The summed E-state index contributed by atoms with van der Waals surface area (Å²) in [6.45, 7) is 0. The number of benzene rings is 1. The number of sulfone groups is 1. The molecule has 102 valence electrons. The van der Waals surface area contributed by atoms with Crippen LogP contribution in [0.5, 0.6) is 5.75 Å². The standard InChI is InChI=1S/C13H13ClO4S/c14-9-1-2-12-10(7-9)11(15)8-13(18-12)3-5-19(16,17)6-4-13/h1-2,7H,3-6,8H2. The first kappa shape index (κ1) is 12.9. The van der Waals surface area contributed by atoms with Gasteiger partial charge in [0.05, 0.1) is 23.5 Å². The Labute approximate surface area is 116 Å². The highest BCUT2D eigenvalue weighted by Crippen LogP contribution is 2.40. The number of fused-ring (bicyclic) bond motifs is 1. The Morgan fingerprint density at radius 3 is 2.58 bits per heavy atom. The van der Waals surface area contributed by atoms with Gasteiger partial charge in [-0.3, -0.25) is 4.79 Å². The number of hydrogen-bond acceptors (Lipinski definition) is 4. The van der Waals surface area contributed by atoms with Gasteiger partial charge in [0.1, 0.15) is 11.4 Å². The van der Waals surface area contributed by atoms with E-state index >= 15 is 0 Å². The van der Waals surface area contributed by atoms with Gasteiger partial charge in [-0.05, 0) is 18.2 Å². The zero-order chi connectivity index (χ0) is 13.7. The maximum atomic E-state index is 12.2. The minimum Gasteiger partial charge on any atom is -0.486 e. The van der Waals surface area contributed by atoms with Gasteiger partial charge in [-0.15, -0.1) is 0 Å². The van der Waals surface area contributed by atoms with Crippen LogP contribution in [0.2, 0.25) is 5.02 Å². The molecule has 1 aromatic carbocycles. The highest BCUT2D eigenvalue weighted by atomic mass is 35.5. The lowest BCUT2D eigenvalue weighted by atomic mass is 9.85. The number of halogens is 1. The van der Waals surface area contributed by atoms with Gasteiger partial charge in [0.2, 0.25) is 0 Å². The fourth-order valence-electron chi connectivity index (χ4n) is 2.66. The molecule has 1 fully saturated rings. The molecule has 3 rings (SSSR count). The molecule has 2 aliphatic rings. The molecule has 19 heavy (non-hydrogen) atoms. The molecule has 1 aromatic rings. The number of ether oxygens (including phenoxy) is 1. The lowest BCUT2D eigenvalue weighted by Crippen LogP contribution is -2.48. The Morgan fingerprint density at radius 1 is 1.21 bits per heavy atom. The molecule has 4 nitrogen and oxygen atoms in total. The fourth-order valence-corrected chi connectivity index (χ4v) is 4.40. The van der Waals surface area contributed by atoms with Crippen LogP contribution < -0.4 is 4.74 Å². The summed E-state index contributed by atoms with van der Waals surface area (Å²) in [6.07, 6.45) is 0.988. The predicted molar refractivity (Wildman–Crippen MR) is 71.6 cm³/mol. The molecule has 0 amide bonds. The highest BCUT2D eigenvalue weighted by Gasteiger charge is 2.44. The van der Waals surface area contributed by atoms with Crippen LogP contribution in [0.4, 0.5) is 0 Å². The van der Waals surface area contributed by atoms with E-state index in [-0.39, 0.29) is 23.7 Å². The zero-order valence-electron chi connectivity index (χ0n) is 10.2. The van der Waals surface area contributed by atoms with Crippen molar-refractivity contribution in [3.63, 3.8) is 0 Å². The van der Waals surface area contributed by atoms with E-state index < -0.39 is 15.4 Å². The number of ketones is 1. The van der Waals surface area contributed by atoms with Gasteiger partial charge in [0.15, 0.2) is 15.6 Å². The second-order valence-corrected chi connectivity index (χ2v) is 7.92. The summed E-state index contributed by atoms with van der Waals surface area (Å²) in [7, 11) is -2.97. The van der Waals surface area contributed by atoms with Gasteiger partial charge in [-0.25, -0.2) is 8.42 Å². The monoisotopic (exact) mass is 300 g/mol. The van der Waals surface area contributed by atoms with Crippen molar-refractivity contribution in [2.24, 2.45) is 0 Å². The highest BCUT2D eigenvalue weighted by molar-refractivity contribution is 7.91. The van der Waals surface area contributed by atoms with Crippen LogP contribution in [0.1, 0.15) is 29.6 Å². The van der Waals surface area contributed by atoms with Crippen LogP contribution in [-0.2, 0) is 9.84 Å². The van der Waals surface area contributed by atoms with E-state index in [0.717, 1.165) is 0 Å². The van der Waals surface area contributed by atoms with Crippen LogP contribution in [0.25, 0.3) is 0 Å². The fraction of sp³-hybridized carbons (Fsp3) is 0.462. The average molecular weight is 301 g/mol. The summed E-state index contributed by atoms with van der Waals surface area (Å²) in [5.74, 6) is 0.662. The maximum absolute atomic E-state index is 12.2. The quantitative estimate of drug-likeness (QED) is 0.737. The summed E-state index contributed by atoms with van der Waals surface area (Å²) in [5.41, 5.74) is -0.157. The van der Waals surface area contributed by atoms with Crippen LogP contribution in [-0.4, -0.2) is 31.3 Å². The number of carbonyl (C=O) groups excluding carboxylic acids is 1. The first-order valence-corrected chi connectivity index (χ1v) is 8.31. The summed E-state index contributed by atoms with van der Waals surface area (Å²) < 4.78 is 28.9. The van der Waals surface area contributed by atoms with Crippen molar-refractivity contribution < 1.29 is 17.9 Å². The third-order valence-electron chi connectivity index (χ3n) is 3.79. The number of Topliss-reactive ketones (excluding diaryl/α,β-unsaturated/α-hetero) is 1. The summed E-state index contributed by atoms with van der Waals surface area (Å²) in [6, 6.07) is 4.96. The van der Waals surface area contributed by atoms with Crippen molar-refractivity contribution in [3.8, 4) is 5.75 Å². The van der Waals surface area contributed by atoms with Gasteiger partial charge in [0.25, 0.3) is 0 Å². The zero-order valence-corrected chi connectivity index (χ0v) is 11.8. The van der Waals surface area contributed by atoms with Crippen LogP contribution >= 0.6 is 11.6 Å². The average Bonchev–Trinajstić information content (AvgIpc) is 2.35. The second kappa shape index (κ2) is 4.21. The normalized spacial score (nSPS) is 23.7. The molecule has 1 saturated heterocycles. The molecule has 0 saturated carbocycles. The summed E-state index contributed by atoms with van der Waals surface area (Å²) >= 11 is 5.87. The maximum Gasteiger partial charge on any atom is 0.170 e. The molecular formula is C13H13ClO4S. The third-order valence-corrected chi connectivity index (χ3v) is 5.68. The number of hydrogen-bond donors (Lipinski definition) is 0. The minimum atomic E-state index is -2.97. The SMILES string of the molecule is O=C1CC2(CCS(=O)(=O)CC2)Oc2ccc(Cl)cc21. The third kappa shape index (κ3) is 2.37. The van der Waals surface area contributed by atoms with Crippen molar-refractivity contribution >= 4 is 27.2 Å². The van der Waals surface area contributed by atoms with Gasteiger partial charge in [-0.1, -0.05) is 11.6 Å². The molecule has 6 heteroatoms. The number of rotatable bonds is 0. The lowest BCUT2D eigenvalue weighted by Gasteiger charge is -2.40. The molecule has 2 aliphatic heterocycles. The summed E-state index contributed by atoms with van der Waals surface area (Å²) in [5, 5.41) is 0.498.